The highest BCUT2D eigenvalue weighted by atomic mass is 32.2. The smallest absolute Gasteiger partial charge is 0.237 e. The van der Waals surface area contributed by atoms with Crippen LogP contribution in [0.4, 0.5) is 15.8 Å². The second-order valence-electron chi connectivity index (χ2n) is 6.50. The van der Waals surface area contributed by atoms with Crippen LogP contribution in [0, 0.1) is 5.82 Å². The molecule has 2 amide bonds. The zero-order chi connectivity index (χ0) is 20.5. The number of para-hydroxylation sites is 1. The molecule has 0 fully saturated rings. The lowest BCUT2D eigenvalue weighted by molar-refractivity contribution is -0.116. The Balaban J connectivity index is 1.75. The molecule has 2 aromatic carbocycles. The molecule has 1 aliphatic heterocycles. The largest absolute Gasteiger partial charge is 0.324 e. The number of nitrogens with one attached hydrogen (secondary N) is 2. The third-order valence-electron chi connectivity index (χ3n) is 4.36. The van der Waals surface area contributed by atoms with Gasteiger partial charge in [0.15, 0.2) is 9.84 Å². The molecular weight excluding hydrogens is 403 g/mol. The highest BCUT2D eigenvalue weighted by Gasteiger charge is 2.29. The molecular formula is C19H19FN2O4S2. The summed E-state index contributed by atoms with van der Waals surface area (Å²) in [5.74, 6) is -1.38. The third kappa shape index (κ3) is 4.20. The van der Waals surface area contributed by atoms with Crippen LogP contribution in [-0.2, 0) is 19.4 Å². The van der Waals surface area contributed by atoms with E-state index in [2.05, 4.69) is 10.6 Å². The SMILES string of the molecule is CC1Sc2ccc(S(=O)(=O)C(C)CC(=O)Nc3ccccc3F)cc2NC1=O. The van der Waals surface area contributed by atoms with Crippen LogP contribution in [0.2, 0.25) is 0 Å². The molecule has 9 heteroatoms. The average Bonchev–Trinajstić information content (AvgIpc) is 2.64. The zero-order valence-electron chi connectivity index (χ0n) is 15.2. The van der Waals surface area contributed by atoms with Crippen molar-refractivity contribution < 1.29 is 22.4 Å². The van der Waals surface area contributed by atoms with Gasteiger partial charge in [-0.3, -0.25) is 9.59 Å². The predicted octanol–water partition coefficient (Wildman–Crippen LogP) is 3.45. The summed E-state index contributed by atoms with van der Waals surface area (Å²) in [6, 6.07) is 10.2. The number of thioether (sulfide) groups is 1. The van der Waals surface area contributed by atoms with E-state index in [4.69, 9.17) is 0 Å². The number of rotatable bonds is 5. The van der Waals surface area contributed by atoms with Gasteiger partial charge in [-0.1, -0.05) is 12.1 Å². The summed E-state index contributed by atoms with van der Waals surface area (Å²) in [7, 11) is -3.82. The van der Waals surface area contributed by atoms with Gasteiger partial charge in [0.25, 0.3) is 0 Å². The summed E-state index contributed by atoms with van der Waals surface area (Å²) < 4.78 is 39.3. The molecule has 2 aromatic rings. The minimum absolute atomic E-state index is 0.000245. The molecule has 28 heavy (non-hydrogen) atoms. The van der Waals surface area contributed by atoms with E-state index in [0.29, 0.717) is 5.69 Å². The van der Waals surface area contributed by atoms with Crippen molar-refractivity contribution in [2.45, 2.75) is 40.6 Å². The molecule has 1 aliphatic rings. The van der Waals surface area contributed by atoms with Crippen molar-refractivity contribution in [1.82, 2.24) is 0 Å². The Bertz CT molecular complexity index is 1040. The maximum Gasteiger partial charge on any atom is 0.237 e. The normalized spacial score (nSPS) is 17.4. The van der Waals surface area contributed by atoms with Crippen LogP contribution in [0.15, 0.2) is 52.3 Å². The van der Waals surface area contributed by atoms with Gasteiger partial charge in [0, 0.05) is 11.3 Å². The van der Waals surface area contributed by atoms with Crippen molar-refractivity contribution in [1.29, 1.82) is 0 Å². The molecule has 6 nitrogen and oxygen atoms in total. The summed E-state index contributed by atoms with van der Waals surface area (Å²) in [5, 5.41) is 3.80. The molecule has 2 unspecified atom stereocenters. The molecule has 0 aliphatic carbocycles. The topological polar surface area (TPSA) is 92.3 Å². The Hall–Kier alpha value is -2.39. The second kappa shape index (κ2) is 7.92. The van der Waals surface area contributed by atoms with Crippen LogP contribution < -0.4 is 10.6 Å². The van der Waals surface area contributed by atoms with Gasteiger partial charge >= 0.3 is 0 Å². The number of carbonyl (C=O) groups excluding carboxylic acids is 2. The fourth-order valence-electron chi connectivity index (χ4n) is 2.73. The van der Waals surface area contributed by atoms with Gasteiger partial charge in [-0.15, -0.1) is 11.8 Å². The van der Waals surface area contributed by atoms with Gasteiger partial charge in [-0.05, 0) is 44.2 Å². The molecule has 2 atom stereocenters. The number of amides is 2. The molecule has 0 bridgehead atoms. The average molecular weight is 423 g/mol. The number of hydrogen-bond donors (Lipinski definition) is 2. The van der Waals surface area contributed by atoms with E-state index in [1.54, 1.807) is 19.1 Å². The molecule has 1 heterocycles. The maximum absolute atomic E-state index is 13.6. The number of fused-ring (bicyclic) bond motifs is 1. The summed E-state index contributed by atoms with van der Waals surface area (Å²) in [5.41, 5.74) is 0.442. The first-order chi connectivity index (χ1) is 13.2. The lowest BCUT2D eigenvalue weighted by Crippen LogP contribution is -2.27. The van der Waals surface area contributed by atoms with Crippen molar-refractivity contribution in [3.8, 4) is 0 Å². The highest BCUT2D eigenvalue weighted by Crippen LogP contribution is 2.37. The second-order valence-corrected chi connectivity index (χ2v) is 10.2. The van der Waals surface area contributed by atoms with Crippen molar-refractivity contribution >= 4 is 44.8 Å². The first-order valence-electron chi connectivity index (χ1n) is 8.58. The van der Waals surface area contributed by atoms with E-state index >= 15 is 0 Å². The number of carbonyl (C=O) groups is 2. The predicted molar refractivity (Wildman–Crippen MR) is 107 cm³/mol. The lowest BCUT2D eigenvalue weighted by Gasteiger charge is -2.22. The molecule has 0 spiro atoms. The van der Waals surface area contributed by atoms with Crippen LogP contribution in [-0.4, -0.2) is 30.7 Å². The van der Waals surface area contributed by atoms with Crippen molar-refractivity contribution in [3.05, 3.63) is 48.3 Å². The summed E-state index contributed by atoms with van der Waals surface area (Å²) in [6.45, 7) is 3.19. The summed E-state index contributed by atoms with van der Waals surface area (Å²) >= 11 is 1.35. The standard InChI is InChI=1S/C19H19FN2O4S2/c1-11(9-18(23)21-15-6-4-3-5-14(15)20)28(25,26)13-7-8-17-16(10-13)22-19(24)12(2)27-17/h3-8,10-12H,9H2,1-2H3,(H,21,23)(H,22,24). The fraction of sp³-hybridized carbons (Fsp3) is 0.263. The van der Waals surface area contributed by atoms with E-state index in [9.17, 15) is 22.4 Å². The lowest BCUT2D eigenvalue weighted by atomic mass is 10.2. The molecule has 0 saturated heterocycles. The Morgan fingerprint density at radius 1 is 1.29 bits per heavy atom. The van der Waals surface area contributed by atoms with Gasteiger partial charge in [0.1, 0.15) is 5.82 Å². The van der Waals surface area contributed by atoms with Crippen LogP contribution in [0.3, 0.4) is 0 Å². The minimum atomic E-state index is -3.82. The van der Waals surface area contributed by atoms with E-state index < -0.39 is 26.8 Å². The molecule has 2 N–H and O–H groups in total. The van der Waals surface area contributed by atoms with Crippen LogP contribution in [0.1, 0.15) is 20.3 Å². The first-order valence-corrected chi connectivity index (χ1v) is 11.0. The molecule has 0 aromatic heterocycles. The Kier molecular flexibility index (Phi) is 5.76. The number of sulfone groups is 1. The Labute approximate surface area is 166 Å². The van der Waals surface area contributed by atoms with E-state index in [-0.39, 0.29) is 28.2 Å². The molecule has 148 valence electrons. The van der Waals surface area contributed by atoms with Gasteiger partial charge in [-0.2, -0.15) is 0 Å². The maximum atomic E-state index is 13.6. The van der Waals surface area contributed by atoms with Gasteiger partial charge < -0.3 is 10.6 Å². The van der Waals surface area contributed by atoms with Crippen LogP contribution >= 0.6 is 11.8 Å². The number of anilines is 2. The molecule has 0 radical (unpaired) electrons. The minimum Gasteiger partial charge on any atom is -0.324 e. The summed E-state index contributed by atoms with van der Waals surface area (Å²) in [6.07, 6.45) is -0.327. The molecule has 0 saturated carbocycles. The number of halogens is 1. The fourth-order valence-corrected chi connectivity index (χ4v) is 5.04. The van der Waals surface area contributed by atoms with E-state index in [1.807, 2.05) is 0 Å². The zero-order valence-corrected chi connectivity index (χ0v) is 16.9. The van der Waals surface area contributed by atoms with Gasteiger partial charge in [0.05, 0.1) is 26.8 Å². The Morgan fingerprint density at radius 3 is 2.71 bits per heavy atom. The summed E-state index contributed by atoms with van der Waals surface area (Å²) in [4.78, 5) is 24.8. The third-order valence-corrected chi connectivity index (χ3v) is 7.68. The monoisotopic (exact) mass is 422 g/mol. The van der Waals surface area contributed by atoms with Crippen molar-refractivity contribution in [3.63, 3.8) is 0 Å². The van der Waals surface area contributed by atoms with Crippen molar-refractivity contribution in [2.24, 2.45) is 0 Å². The number of hydrogen-bond acceptors (Lipinski definition) is 5. The Morgan fingerprint density at radius 2 is 2.00 bits per heavy atom. The highest BCUT2D eigenvalue weighted by molar-refractivity contribution is 8.01. The van der Waals surface area contributed by atoms with Crippen molar-refractivity contribution in [2.75, 3.05) is 10.6 Å². The van der Waals surface area contributed by atoms with Gasteiger partial charge in [-0.25, -0.2) is 12.8 Å². The van der Waals surface area contributed by atoms with Crippen LogP contribution in [0.25, 0.3) is 0 Å². The molecule has 3 rings (SSSR count). The first kappa shape index (κ1) is 20.3. The van der Waals surface area contributed by atoms with E-state index in [1.165, 1.54) is 49.0 Å². The van der Waals surface area contributed by atoms with Crippen LogP contribution in [0.5, 0.6) is 0 Å². The quantitative estimate of drug-likeness (QED) is 0.770. The van der Waals surface area contributed by atoms with E-state index in [0.717, 1.165) is 4.90 Å². The number of benzene rings is 2. The van der Waals surface area contributed by atoms with Gasteiger partial charge in [0.2, 0.25) is 11.8 Å².